The normalized spacial score (nSPS) is 24.5. The lowest BCUT2D eigenvalue weighted by atomic mass is 10.1. The maximum Gasteiger partial charge on any atom is 0.232 e. The van der Waals surface area contributed by atoms with Gasteiger partial charge in [0.05, 0.1) is 6.42 Å². The van der Waals surface area contributed by atoms with Crippen molar-refractivity contribution in [1.82, 2.24) is 10.2 Å². The summed E-state index contributed by atoms with van der Waals surface area (Å²) in [5, 5.41) is 3.25. The topological polar surface area (TPSA) is 58.4 Å². The fraction of sp³-hybridized carbons (Fsp3) is 0.667. The Labute approximate surface area is 77.8 Å². The molecule has 4 heteroatoms. The van der Waals surface area contributed by atoms with E-state index in [1.807, 2.05) is 11.8 Å². The third-order valence-corrected chi connectivity index (χ3v) is 2.62. The van der Waals surface area contributed by atoms with Crippen LogP contribution in [0.4, 0.5) is 0 Å². The zero-order chi connectivity index (χ0) is 9.42. The number of hydrogen-bond acceptors (Lipinski definition) is 3. The summed E-state index contributed by atoms with van der Waals surface area (Å²) in [6.45, 7) is 3.72. The number of rotatable bonds is 1. The minimum absolute atomic E-state index is 0.0189. The molecule has 1 unspecified atom stereocenters. The molecule has 72 valence electrons. The van der Waals surface area contributed by atoms with Crippen molar-refractivity contribution >= 4 is 5.91 Å². The fourth-order valence-electron chi connectivity index (χ4n) is 1.91. The van der Waals surface area contributed by atoms with E-state index in [-0.39, 0.29) is 11.9 Å². The van der Waals surface area contributed by atoms with Crippen LogP contribution < -0.4 is 11.1 Å². The molecule has 4 nitrogen and oxygen atoms in total. The third-order valence-electron chi connectivity index (χ3n) is 2.62. The molecular formula is C9H15N3O. The first-order valence-corrected chi connectivity index (χ1v) is 4.73. The van der Waals surface area contributed by atoms with Gasteiger partial charge in [-0.15, -0.1) is 0 Å². The molecule has 0 saturated carbocycles. The number of carbonyl (C=O) groups excluding carboxylic acids is 1. The first-order valence-electron chi connectivity index (χ1n) is 4.73. The van der Waals surface area contributed by atoms with Crippen LogP contribution in [0.2, 0.25) is 0 Å². The third kappa shape index (κ3) is 1.31. The zero-order valence-corrected chi connectivity index (χ0v) is 7.84. The van der Waals surface area contributed by atoms with Crippen molar-refractivity contribution in [3.05, 3.63) is 11.4 Å². The van der Waals surface area contributed by atoms with E-state index in [9.17, 15) is 4.79 Å². The molecule has 1 atom stereocenters. The average Bonchev–Trinajstić information content (AvgIpc) is 2.45. The summed E-state index contributed by atoms with van der Waals surface area (Å²) >= 11 is 0. The van der Waals surface area contributed by atoms with Crippen LogP contribution in [0.3, 0.4) is 0 Å². The van der Waals surface area contributed by atoms with Crippen molar-refractivity contribution in [2.45, 2.75) is 25.8 Å². The molecule has 0 aliphatic carbocycles. The summed E-state index contributed by atoms with van der Waals surface area (Å²) in [4.78, 5) is 13.3. The molecule has 3 N–H and O–H groups in total. The molecule has 1 fully saturated rings. The Morgan fingerprint density at radius 2 is 2.38 bits per heavy atom. The Bertz CT molecular complexity index is 270. The van der Waals surface area contributed by atoms with E-state index < -0.39 is 0 Å². The average molecular weight is 181 g/mol. The molecule has 1 amide bonds. The van der Waals surface area contributed by atoms with Gasteiger partial charge in [-0.25, -0.2) is 0 Å². The van der Waals surface area contributed by atoms with Gasteiger partial charge in [0.25, 0.3) is 0 Å². The van der Waals surface area contributed by atoms with Gasteiger partial charge in [0, 0.05) is 19.1 Å². The molecule has 1 saturated heterocycles. The molecular weight excluding hydrogens is 166 g/mol. The van der Waals surface area contributed by atoms with Crippen molar-refractivity contribution < 1.29 is 4.79 Å². The summed E-state index contributed by atoms with van der Waals surface area (Å²) in [7, 11) is 0. The molecule has 0 aromatic rings. The zero-order valence-electron chi connectivity index (χ0n) is 7.84. The van der Waals surface area contributed by atoms with Gasteiger partial charge in [0.2, 0.25) is 5.91 Å². The van der Waals surface area contributed by atoms with E-state index in [2.05, 4.69) is 5.32 Å². The lowest BCUT2D eigenvalue weighted by molar-refractivity contribution is -0.127. The number of nitrogens with two attached hydrogens (primary N) is 1. The van der Waals surface area contributed by atoms with Crippen molar-refractivity contribution in [3.63, 3.8) is 0 Å². The molecule has 2 rings (SSSR count). The largest absolute Gasteiger partial charge is 0.371 e. The summed E-state index contributed by atoms with van der Waals surface area (Å²) in [5.74, 6) is 1.17. The fourth-order valence-corrected chi connectivity index (χ4v) is 1.91. The van der Waals surface area contributed by atoms with Crippen LogP contribution >= 0.6 is 0 Å². The highest BCUT2D eigenvalue weighted by atomic mass is 16.2. The van der Waals surface area contributed by atoms with Gasteiger partial charge in [-0.2, -0.15) is 0 Å². The van der Waals surface area contributed by atoms with Gasteiger partial charge in [-0.05, 0) is 18.9 Å². The first kappa shape index (κ1) is 8.56. The van der Waals surface area contributed by atoms with Gasteiger partial charge in [0.1, 0.15) is 5.82 Å². The molecule has 13 heavy (non-hydrogen) atoms. The minimum atomic E-state index is -0.0189. The Morgan fingerprint density at radius 1 is 1.62 bits per heavy atom. The van der Waals surface area contributed by atoms with Gasteiger partial charge < -0.3 is 11.1 Å². The van der Waals surface area contributed by atoms with Crippen molar-refractivity contribution in [3.8, 4) is 0 Å². The first-order chi connectivity index (χ1) is 6.20. The number of nitrogens with one attached hydrogen (secondary N) is 1. The molecule has 0 aromatic heterocycles. The highest BCUT2D eigenvalue weighted by molar-refractivity contribution is 5.84. The summed E-state index contributed by atoms with van der Waals surface area (Å²) in [5.41, 5.74) is 6.85. The predicted molar refractivity (Wildman–Crippen MR) is 49.6 cm³/mol. The van der Waals surface area contributed by atoms with Gasteiger partial charge >= 0.3 is 0 Å². The van der Waals surface area contributed by atoms with Crippen LogP contribution in [0.5, 0.6) is 0 Å². The standard InChI is InChI=1S/C9H15N3O/c1-6(10)7-5-8(13)12-4-2-3-11-9(7)12/h6,11H,2-5,10H2,1H3. The van der Waals surface area contributed by atoms with Crippen LogP contribution in [-0.4, -0.2) is 29.9 Å². The summed E-state index contributed by atoms with van der Waals surface area (Å²) < 4.78 is 0. The number of hydrogen-bond donors (Lipinski definition) is 2. The van der Waals surface area contributed by atoms with Crippen LogP contribution in [0.15, 0.2) is 11.4 Å². The molecule has 2 aliphatic heterocycles. The van der Waals surface area contributed by atoms with E-state index in [0.717, 1.165) is 30.9 Å². The second-order valence-corrected chi connectivity index (χ2v) is 3.67. The van der Waals surface area contributed by atoms with Crippen molar-refractivity contribution in [2.75, 3.05) is 13.1 Å². The van der Waals surface area contributed by atoms with E-state index >= 15 is 0 Å². The second kappa shape index (κ2) is 3.03. The van der Waals surface area contributed by atoms with Crippen LogP contribution in [0.25, 0.3) is 0 Å². The van der Waals surface area contributed by atoms with Crippen LogP contribution in [0.1, 0.15) is 19.8 Å². The second-order valence-electron chi connectivity index (χ2n) is 3.67. The van der Waals surface area contributed by atoms with Gasteiger partial charge in [0.15, 0.2) is 0 Å². The molecule has 0 aromatic carbocycles. The van der Waals surface area contributed by atoms with E-state index in [1.165, 1.54) is 0 Å². The molecule has 2 aliphatic rings. The number of amides is 1. The number of carbonyl (C=O) groups is 1. The van der Waals surface area contributed by atoms with Gasteiger partial charge in [-0.3, -0.25) is 9.69 Å². The Balaban J connectivity index is 2.29. The summed E-state index contributed by atoms with van der Waals surface area (Å²) in [6.07, 6.45) is 1.53. The molecule has 0 bridgehead atoms. The molecule has 0 radical (unpaired) electrons. The summed E-state index contributed by atoms with van der Waals surface area (Å²) in [6, 6.07) is -0.0189. The quantitative estimate of drug-likeness (QED) is 0.587. The highest BCUT2D eigenvalue weighted by Crippen LogP contribution is 2.26. The smallest absolute Gasteiger partial charge is 0.232 e. The predicted octanol–water partition coefficient (Wildman–Crippen LogP) is -0.229. The van der Waals surface area contributed by atoms with Crippen molar-refractivity contribution in [2.24, 2.45) is 5.73 Å². The SMILES string of the molecule is CC(N)C1=C2NCCCN2C(=O)C1. The molecule has 0 spiro atoms. The lowest BCUT2D eigenvalue weighted by Crippen LogP contribution is -2.40. The number of nitrogens with zero attached hydrogens (tertiary/aromatic N) is 1. The maximum absolute atomic E-state index is 11.5. The van der Waals surface area contributed by atoms with Crippen LogP contribution in [0, 0.1) is 0 Å². The van der Waals surface area contributed by atoms with E-state index in [4.69, 9.17) is 5.73 Å². The Kier molecular flexibility index (Phi) is 2.00. The maximum atomic E-state index is 11.5. The monoisotopic (exact) mass is 181 g/mol. The van der Waals surface area contributed by atoms with Crippen LogP contribution in [-0.2, 0) is 4.79 Å². The minimum Gasteiger partial charge on any atom is -0.371 e. The number of fused-ring (bicyclic) bond motifs is 1. The Morgan fingerprint density at radius 3 is 3.08 bits per heavy atom. The van der Waals surface area contributed by atoms with E-state index in [0.29, 0.717) is 6.42 Å². The van der Waals surface area contributed by atoms with Gasteiger partial charge in [-0.1, -0.05) is 0 Å². The van der Waals surface area contributed by atoms with Crippen molar-refractivity contribution in [1.29, 1.82) is 0 Å². The molecule has 2 heterocycles. The lowest BCUT2D eigenvalue weighted by Gasteiger charge is -2.27. The van der Waals surface area contributed by atoms with E-state index in [1.54, 1.807) is 0 Å². The Hall–Kier alpha value is -1.03. The highest BCUT2D eigenvalue weighted by Gasteiger charge is 2.32.